The van der Waals surface area contributed by atoms with Crippen LogP contribution in [0.15, 0.2) is 18.5 Å². The van der Waals surface area contributed by atoms with E-state index in [9.17, 15) is 0 Å². The quantitative estimate of drug-likeness (QED) is 0.762. The summed E-state index contributed by atoms with van der Waals surface area (Å²) in [7, 11) is 0. The standard InChI is InChI=1S/C8H10N6O/c1-2-15-8-12-6(9)11-7(13-8)14-5-3-4-10-14/h3-5H,2H2,1H3,(H2,9,11,12,13). The SMILES string of the molecule is CCOc1nc(N)nc(-n2cccn2)n1. The zero-order chi connectivity index (χ0) is 10.7. The van der Waals surface area contributed by atoms with Gasteiger partial charge in [-0.15, -0.1) is 0 Å². The van der Waals surface area contributed by atoms with Crippen molar-refractivity contribution in [2.24, 2.45) is 0 Å². The van der Waals surface area contributed by atoms with Crippen molar-refractivity contribution in [2.45, 2.75) is 6.92 Å². The maximum atomic E-state index is 5.51. The van der Waals surface area contributed by atoms with Crippen LogP contribution in [0, 0.1) is 0 Å². The Kier molecular flexibility index (Phi) is 2.44. The van der Waals surface area contributed by atoms with Gasteiger partial charge in [0, 0.05) is 12.4 Å². The predicted molar refractivity (Wildman–Crippen MR) is 52.5 cm³/mol. The van der Waals surface area contributed by atoms with Crippen molar-refractivity contribution < 1.29 is 4.74 Å². The summed E-state index contributed by atoms with van der Waals surface area (Å²) >= 11 is 0. The van der Waals surface area contributed by atoms with E-state index in [1.807, 2.05) is 6.92 Å². The fourth-order valence-electron chi connectivity index (χ4n) is 1.04. The lowest BCUT2D eigenvalue weighted by atomic mass is 10.7. The van der Waals surface area contributed by atoms with Gasteiger partial charge in [0.2, 0.25) is 5.95 Å². The summed E-state index contributed by atoms with van der Waals surface area (Å²) in [4.78, 5) is 11.8. The van der Waals surface area contributed by atoms with Gasteiger partial charge in [-0.1, -0.05) is 0 Å². The molecular weight excluding hydrogens is 196 g/mol. The van der Waals surface area contributed by atoms with Gasteiger partial charge in [-0.3, -0.25) is 0 Å². The number of nitrogen functional groups attached to an aromatic ring is 1. The molecule has 0 atom stereocenters. The zero-order valence-electron chi connectivity index (χ0n) is 8.16. The van der Waals surface area contributed by atoms with Crippen LogP contribution in [0.2, 0.25) is 0 Å². The molecule has 0 fully saturated rings. The number of aromatic nitrogens is 5. The highest BCUT2D eigenvalue weighted by molar-refractivity contribution is 5.24. The first-order valence-corrected chi connectivity index (χ1v) is 4.44. The van der Waals surface area contributed by atoms with E-state index in [0.29, 0.717) is 12.6 Å². The lowest BCUT2D eigenvalue weighted by Gasteiger charge is -2.04. The van der Waals surface area contributed by atoms with Crippen LogP contribution >= 0.6 is 0 Å². The monoisotopic (exact) mass is 206 g/mol. The van der Waals surface area contributed by atoms with Gasteiger partial charge in [-0.25, -0.2) is 4.68 Å². The summed E-state index contributed by atoms with van der Waals surface area (Å²) in [5.74, 6) is 0.454. The first-order chi connectivity index (χ1) is 7.29. The second-order valence-electron chi connectivity index (χ2n) is 2.66. The van der Waals surface area contributed by atoms with E-state index in [0.717, 1.165) is 0 Å². The van der Waals surface area contributed by atoms with Crippen LogP contribution in [-0.4, -0.2) is 31.3 Å². The summed E-state index contributed by atoms with van der Waals surface area (Å²) < 4.78 is 6.63. The summed E-state index contributed by atoms with van der Waals surface area (Å²) in [6, 6.07) is 1.97. The molecule has 0 unspecified atom stereocenters. The first-order valence-electron chi connectivity index (χ1n) is 4.44. The normalized spacial score (nSPS) is 10.2. The smallest absolute Gasteiger partial charge is 0.323 e. The minimum atomic E-state index is 0.110. The number of hydrogen-bond acceptors (Lipinski definition) is 6. The summed E-state index contributed by atoms with van der Waals surface area (Å²) in [6.45, 7) is 2.32. The van der Waals surface area contributed by atoms with Gasteiger partial charge >= 0.3 is 6.01 Å². The van der Waals surface area contributed by atoms with Gasteiger partial charge in [0.15, 0.2) is 0 Å². The highest BCUT2D eigenvalue weighted by atomic mass is 16.5. The van der Waals surface area contributed by atoms with E-state index in [-0.39, 0.29) is 12.0 Å². The zero-order valence-corrected chi connectivity index (χ0v) is 8.16. The molecule has 0 aliphatic heterocycles. The third-order valence-electron chi connectivity index (χ3n) is 1.60. The highest BCUT2D eigenvalue weighted by Gasteiger charge is 2.06. The van der Waals surface area contributed by atoms with Crippen molar-refractivity contribution in [1.29, 1.82) is 0 Å². The molecule has 0 saturated carbocycles. The lowest BCUT2D eigenvalue weighted by Crippen LogP contribution is -2.09. The molecule has 0 bridgehead atoms. The van der Waals surface area contributed by atoms with Crippen molar-refractivity contribution in [3.05, 3.63) is 18.5 Å². The number of nitrogens with zero attached hydrogens (tertiary/aromatic N) is 5. The number of anilines is 1. The lowest BCUT2D eigenvalue weighted by molar-refractivity contribution is 0.311. The van der Waals surface area contributed by atoms with E-state index in [2.05, 4.69) is 20.1 Å². The van der Waals surface area contributed by atoms with Crippen LogP contribution in [0.5, 0.6) is 6.01 Å². The Morgan fingerprint density at radius 1 is 1.40 bits per heavy atom. The molecule has 7 heteroatoms. The minimum Gasteiger partial charge on any atom is -0.464 e. The van der Waals surface area contributed by atoms with Crippen molar-refractivity contribution >= 4 is 5.95 Å². The van der Waals surface area contributed by atoms with E-state index in [4.69, 9.17) is 10.5 Å². The first kappa shape index (κ1) is 9.38. The van der Waals surface area contributed by atoms with Gasteiger partial charge in [0.1, 0.15) is 0 Å². The molecule has 0 radical (unpaired) electrons. The number of nitrogens with two attached hydrogens (primary N) is 1. The van der Waals surface area contributed by atoms with Crippen LogP contribution in [0.1, 0.15) is 6.92 Å². The van der Waals surface area contributed by atoms with Crippen molar-refractivity contribution in [1.82, 2.24) is 24.7 Å². The van der Waals surface area contributed by atoms with E-state index < -0.39 is 0 Å². The topological polar surface area (TPSA) is 91.7 Å². The minimum absolute atomic E-state index is 0.110. The molecule has 2 N–H and O–H groups in total. The van der Waals surface area contributed by atoms with Gasteiger partial charge < -0.3 is 10.5 Å². The Morgan fingerprint density at radius 3 is 2.93 bits per heavy atom. The molecule has 0 aromatic carbocycles. The molecule has 0 aliphatic carbocycles. The molecule has 2 rings (SSSR count). The fourth-order valence-corrected chi connectivity index (χ4v) is 1.04. The Bertz CT molecular complexity index is 440. The van der Waals surface area contributed by atoms with Crippen molar-refractivity contribution in [3.63, 3.8) is 0 Å². The maximum absolute atomic E-state index is 5.51. The number of rotatable bonds is 3. The van der Waals surface area contributed by atoms with Crippen molar-refractivity contribution in [2.75, 3.05) is 12.3 Å². The van der Waals surface area contributed by atoms with Gasteiger partial charge in [0.05, 0.1) is 6.61 Å². The summed E-state index contributed by atoms with van der Waals surface area (Å²) in [5, 5.41) is 3.98. The fraction of sp³-hybridized carbons (Fsp3) is 0.250. The van der Waals surface area contributed by atoms with Crippen LogP contribution in [0.25, 0.3) is 5.95 Å². The van der Waals surface area contributed by atoms with Gasteiger partial charge in [-0.05, 0) is 13.0 Å². The molecule has 0 spiro atoms. The largest absolute Gasteiger partial charge is 0.464 e. The Labute approximate surface area is 85.9 Å². The molecule has 2 heterocycles. The predicted octanol–water partition coefficient (Wildman–Crippen LogP) is 0.0382. The Hall–Kier alpha value is -2.18. The van der Waals surface area contributed by atoms with Crippen LogP contribution in [-0.2, 0) is 0 Å². The molecule has 0 amide bonds. The summed E-state index contributed by atoms with van der Waals surface area (Å²) in [6.07, 6.45) is 3.34. The highest BCUT2D eigenvalue weighted by Crippen LogP contribution is 2.07. The van der Waals surface area contributed by atoms with Crippen LogP contribution in [0.3, 0.4) is 0 Å². The number of ether oxygens (including phenoxy) is 1. The second-order valence-corrected chi connectivity index (χ2v) is 2.66. The van der Waals surface area contributed by atoms with E-state index in [1.165, 1.54) is 4.68 Å². The average Bonchev–Trinajstić information content (AvgIpc) is 2.70. The molecule has 0 saturated heterocycles. The Morgan fingerprint density at radius 2 is 2.27 bits per heavy atom. The molecule has 2 aromatic rings. The van der Waals surface area contributed by atoms with Gasteiger partial charge in [-0.2, -0.15) is 20.1 Å². The van der Waals surface area contributed by atoms with E-state index >= 15 is 0 Å². The van der Waals surface area contributed by atoms with E-state index in [1.54, 1.807) is 18.5 Å². The molecule has 15 heavy (non-hydrogen) atoms. The molecule has 7 nitrogen and oxygen atoms in total. The van der Waals surface area contributed by atoms with Gasteiger partial charge in [0.25, 0.3) is 5.95 Å². The third kappa shape index (κ3) is 2.01. The van der Waals surface area contributed by atoms with Crippen molar-refractivity contribution in [3.8, 4) is 12.0 Å². The average molecular weight is 206 g/mol. The Balaban J connectivity index is 2.40. The number of hydrogen-bond donors (Lipinski definition) is 1. The molecular formula is C8H10N6O. The maximum Gasteiger partial charge on any atom is 0.323 e. The van der Waals surface area contributed by atoms with Crippen LogP contribution in [0.4, 0.5) is 5.95 Å². The van der Waals surface area contributed by atoms with Crippen LogP contribution < -0.4 is 10.5 Å². The molecule has 2 aromatic heterocycles. The molecule has 78 valence electrons. The second kappa shape index (κ2) is 3.91. The molecule has 0 aliphatic rings. The summed E-state index contributed by atoms with van der Waals surface area (Å²) in [5.41, 5.74) is 5.51. The third-order valence-corrected chi connectivity index (χ3v) is 1.60.